The standard InChI is InChI=1S/C10H11NO5S2.Au.K/c1-6(12)11-8-3-7(10(13)16-2)4-9(5-8)18(14,15)17;;/h3-5H,1-2H3,(H,11,12)(H,14,15,17);;/q;+1;/p-1. The average molecular weight is 524 g/mol. The van der Waals surface area contributed by atoms with Gasteiger partial charge in [0.25, 0.3) is 0 Å². The van der Waals surface area contributed by atoms with Crippen LogP contribution < -0.4 is 5.32 Å². The fraction of sp³-hybridized carbons (Fsp3) is 0.200. The number of amides is 1. The molecule has 0 heterocycles. The zero-order valence-corrected chi connectivity index (χ0v) is 17.8. The Morgan fingerprint density at radius 2 is 1.80 bits per heavy atom. The van der Waals surface area contributed by atoms with Gasteiger partial charge >= 0.3 is 28.3 Å². The normalized spacial score (nSPS) is 9.75. The monoisotopic (exact) mass is 524 g/mol. The minimum absolute atomic E-state index is 0. The summed E-state index contributed by atoms with van der Waals surface area (Å²) in [6.07, 6.45) is 0. The number of anilines is 1. The van der Waals surface area contributed by atoms with Crippen molar-refractivity contribution in [1.82, 2.24) is 0 Å². The van der Waals surface area contributed by atoms with Gasteiger partial charge in [-0.05, 0) is 18.2 Å². The van der Waals surface area contributed by atoms with E-state index in [1.807, 2.05) is 0 Å². The van der Waals surface area contributed by atoms with Crippen molar-refractivity contribution in [2.75, 3.05) is 12.4 Å². The largest absolute Gasteiger partial charge is 1.00 e. The van der Waals surface area contributed by atoms with Gasteiger partial charge in [-0.3, -0.25) is 4.79 Å². The number of benzene rings is 1. The van der Waals surface area contributed by atoms with Crippen LogP contribution in [0.5, 0.6) is 0 Å². The smallest absolute Gasteiger partial charge is 0.644 e. The maximum atomic E-state index is 11.4. The summed E-state index contributed by atoms with van der Waals surface area (Å²) < 4.78 is 27.1. The second-order valence-electron chi connectivity index (χ2n) is 3.37. The average Bonchev–Trinajstić information content (AvgIpc) is 2.25. The Labute approximate surface area is 180 Å². The number of hydrogen-bond acceptors (Lipinski definition) is 6. The van der Waals surface area contributed by atoms with Crippen LogP contribution in [0.3, 0.4) is 0 Å². The third-order valence-electron chi connectivity index (χ3n) is 1.94. The first-order valence-electron chi connectivity index (χ1n) is 4.71. The van der Waals surface area contributed by atoms with Crippen LogP contribution in [0.1, 0.15) is 17.3 Å². The third-order valence-corrected chi connectivity index (χ3v) is 3.33. The molecular formula is C10H10AuKNO5S2. The molecular weight excluding hydrogens is 514 g/mol. The minimum Gasteiger partial charge on any atom is -0.644 e. The molecule has 0 atom stereocenters. The van der Waals surface area contributed by atoms with Crippen LogP contribution in [0.15, 0.2) is 23.1 Å². The zero-order valence-electron chi connectivity index (χ0n) is 10.9. The van der Waals surface area contributed by atoms with Crippen molar-refractivity contribution in [1.29, 1.82) is 0 Å². The molecule has 6 nitrogen and oxygen atoms in total. The molecule has 1 radical (unpaired) electrons. The zero-order chi connectivity index (χ0) is 13.9. The summed E-state index contributed by atoms with van der Waals surface area (Å²) >= 11 is 4.31. The molecule has 0 unspecified atom stereocenters. The van der Waals surface area contributed by atoms with Gasteiger partial charge in [-0.25, -0.2) is 13.2 Å². The van der Waals surface area contributed by atoms with Crippen LogP contribution in [0, 0.1) is 0 Å². The molecule has 0 bridgehead atoms. The molecule has 0 fully saturated rings. The number of methoxy groups -OCH3 is 1. The van der Waals surface area contributed by atoms with E-state index in [1.165, 1.54) is 19.1 Å². The second-order valence-corrected chi connectivity index (χ2v) is 6.07. The first-order valence-corrected chi connectivity index (χ1v) is 7.12. The summed E-state index contributed by atoms with van der Waals surface area (Å²) in [7, 11) is -2.74. The van der Waals surface area contributed by atoms with Gasteiger partial charge in [0.2, 0.25) is 5.91 Å². The van der Waals surface area contributed by atoms with Gasteiger partial charge in [0.1, 0.15) is 0 Å². The number of hydrogen-bond donors (Lipinski definition) is 1. The summed E-state index contributed by atoms with van der Waals surface area (Å²) in [6, 6.07) is 3.58. The van der Waals surface area contributed by atoms with Crippen molar-refractivity contribution in [2.24, 2.45) is 0 Å². The summed E-state index contributed by atoms with van der Waals surface area (Å²) in [6.45, 7) is 1.26. The number of ether oxygens (including phenoxy) is 1. The fourth-order valence-corrected chi connectivity index (χ4v) is 2.09. The summed E-state index contributed by atoms with van der Waals surface area (Å²) in [5.74, 6) is -1.12. The Kier molecular flexibility index (Phi) is 11.3. The Morgan fingerprint density at radius 3 is 2.20 bits per heavy atom. The molecule has 0 aromatic heterocycles. The van der Waals surface area contributed by atoms with Crippen LogP contribution in [-0.2, 0) is 52.4 Å². The Balaban J connectivity index is 0. The molecule has 20 heavy (non-hydrogen) atoms. The van der Waals surface area contributed by atoms with Gasteiger partial charge in [-0.1, -0.05) is 0 Å². The number of rotatable bonds is 3. The quantitative estimate of drug-likeness (QED) is 0.265. The van der Waals surface area contributed by atoms with Crippen molar-refractivity contribution >= 4 is 89.5 Å². The number of carbonyl (C=O) groups is 2. The SMILES string of the molecule is COC(=O)c1cc(NC(C)=O)cc(S(=O)(=O)[S-])c1.[Au+].[K]. The molecule has 1 amide bonds. The van der Waals surface area contributed by atoms with Crippen molar-refractivity contribution < 1.29 is 45.1 Å². The van der Waals surface area contributed by atoms with Gasteiger partial charge in [-0.2, -0.15) is 0 Å². The summed E-state index contributed by atoms with van der Waals surface area (Å²) in [4.78, 5) is 22.0. The van der Waals surface area contributed by atoms with Crippen molar-refractivity contribution in [3.63, 3.8) is 0 Å². The van der Waals surface area contributed by atoms with E-state index in [2.05, 4.69) is 21.7 Å². The van der Waals surface area contributed by atoms with E-state index >= 15 is 0 Å². The molecule has 0 aliphatic carbocycles. The molecule has 0 aliphatic rings. The van der Waals surface area contributed by atoms with E-state index in [4.69, 9.17) is 0 Å². The molecule has 0 saturated heterocycles. The Morgan fingerprint density at radius 1 is 1.25 bits per heavy atom. The predicted octanol–water partition coefficient (Wildman–Crippen LogP) is 0.284. The Hall–Kier alpha value is 0.837. The van der Waals surface area contributed by atoms with Crippen LogP contribution in [0.25, 0.3) is 0 Å². The molecule has 1 rings (SSSR count). The van der Waals surface area contributed by atoms with E-state index in [9.17, 15) is 18.0 Å². The van der Waals surface area contributed by atoms with E-state index in [0.717, 1.165) is 13.2 Å². The first-order chi connectivity index (χ1) is 8.24. The Bertz CT molecular complexity index is 606. The van der Waals surface area contributed by atoms with Gasteiger partial charge in [0.05, 0.1) is 21.5 Å². The first kappa shape index (κ1) is 23.1. The van der Waals surface area contributed by atoms with Crippen molar-refractivity contribution in [3.05, 3.63) is 23.8 Å². The molecule has 109 valence electrons. The maximum Gasteiger partial charge on any atom is 1.00 e. The van der Waals surface area contributed by atoms with Crippen LogP contribution in [-0.4, -0.2) is 78.8 Å². The number of carbonyl (C=O) groups excluding carboxylic acids is 2. The van der Waals surface area contributed by atoms with Gasteiger partial charge in [-0.15, -0.1) is 0 Å². The van der Waals surface area contributed by atoms with E-state index < -0.39 is 20.7 Å². The molecule has 0 saturated carbocycles. The number of nitrogens with one attached hydrogen (secondary N) is 1. The molecule has 1 aromatic carbocycles. The van der Waals surface area contributed by atoms with Gasteiger partial charge < -0.3 is 21.7 Å². The fourth-order valence-electron chi connectivity index (χ4n) is 1.25. The van der Waals surface area contributed by atoms with Crippen LogP contribution in [0.4, 0.5) is 5.69 Å². The molecule has 0 aliphatic heterocycles. The number of esters is 1. The van der Waals surface area contributed by atoms with Crippen molar-refractivity contribution in [2.45, 2.75) is 11.8 Å². The molecule has 0 spiro atoms. The topological polar surface area (TPSA) is 89.5 Å². The van der Waals surface area contributed by atoms with Gasteiger partial charge in [0.15, 0.2) is 0 Å². The summed E-state index contributed by atoms with van der Waals surface area (Å²) in [5.41, 5.74) is 0.154. The van der Waals surface area contributed by atoms with Crippen LogP contribution in [0.2, 0.25) is 0 Å². The third kappa shape index (κ3) is 7.21. The van der Waals surface area contributed by atoms with E-state index in [-0.39, 0.29) is 89.9 Å². The van der Waals surface area contributed by atoms with Gasteiger partial charge in [0, 0.05) is 68.9 Å². The van der Waals surface area contributed by atoms with Crippen molar-refractivity contribution in [3.8, 4) is 0 Å². The minimum atomic E-state index is -3.90. The molecule has 1 aromatic rings. The van der Waals surface area contributed by atoms with E-state index in [0.29, 0.717) is 0 Å². The van der Waals surface area contributed by atoms with E-state index in [1.54, 1.807) is 0 Å². The maximum absolute atomic E-state index is 11.4. The van der Waals surface area contributed by atoms with Crippen LogP contribution >= 0.6 is 0 Å². The molecule has 1 N–H and O–H groups in total. The molecule has 10 heteroatoms. The summed E-state index contributed by atoms with van der Waals surface area (Å²) in [5, 5.41) is 2.38. The predicted molar refractivity (Wildman–Crippen MR) is 72.4 cm³/mol. The second kappa shape index (κ2) is 9.77.